The number of halogens is 2. The van der Waals surface area contributed by atoms with Gasteiger partial charge in [0.05, 0.1) is 23.0 Å². The number of hydrogen-bond acceptors (Lipinski definition) is 2. The van der Waals surface area contributed by atoms with E-state index in [9.17, 15) is 9.59 Å². The van der Waals surface area contributed by atoms with Crippen molar-refractivity contribution in [3.63, 3.8) is 0 Å². The second-order valence-electron chi connectivity index (χ2n) is 6.53. The van der Waals surface area contributed by atoms with Crippen molar-refractivity contribution in [1.29, 1.82) is 0 Å². The Morgan fingerprint density at radius 2 is 1.59 bits per heavy atom. The zero-order chi connectivity index (χ0) is 20.6. The molecule has 0 radical (unpaired) electrons. The Kier molecular flexibility index (Phi) is 7.28. The SMILES string of the molecule is O=C(CC(NC(=O)c1ccccc1Cl)c1ccccc1)NCc1cccc(Cl)c1. The van der Waals surface area contributed by atoms with Gasteiger partial charge in [0, 0.05) is 11.6 Å². The summed E-state index contributed by atoms with van der Waals surface area (Å²) < 4.78 is 0. The quantitative estimate of drug-likeness (QED) is 0.547. The minimum Gasteiger partial charge on any atom is -0.352 e. The fourth-order valence-corrected chi connectivity index (χ4v) is 3.36. The first kappa shape index (κ1) is 20.9. The monoisotopic (exact) mass is 426 g/mol. The molecule has 0 aromatic heterocycles. The summed E-state index contributed by atoms with van der Waals surface area (Å²) in [6, 6.07) is 23.0. The highest BCUT2D eigenvalue weighted by molar-refractivity contribution is 6.33. The van der Waals surface area contributed by atoms with Gasteiger partial charge in [-0.2, -0.15) is 0 Å². The van der Waals surface area contributed by atoms with E-state index >= 15 is 0 Å². The summed E-state index contributed by atoms with van der Waals surface area (Å²) in [6.07, 6.45) is 0.0980. The highest BCUT2D eigenvalue weighted by atomic mass is 35.5. The minimum atomic E-state index is -0.487. The molecule has 4 nitrogen and oxygen atoms in total. The van der Waals surface area contributed by atoms with Gasteiger partial charge in [-0.1, -0.05) is 77.8 Å². The van der Waals surface area contributed by atoms with Crippen molar-refractivity contribution >= 4 is 35.0 Å². The third-order valence-electron chi connectivity index (χ3n) is 4.39. The van der Waals surface area contributed by atoms with Gasteiger partial charge in [0.1, 0.15) is 0 Å². The number of rotatable bonds is 7. The molecule has 3 aromatic rings. The van der Waals surface area contributed by atoms with Gasteiger partial charge in [0.25, 0.3) is 5.91 Å². The summed E-state index contributed by atoms with van der Waals surface area (Å²) in [5.41, 5.74) is 2.11. The fourth-order valence-electron chi connectivity index (χ4n) is 2.92. The second kappa shape index (κ2) is 10.1. The molecule has 0 saturated heterocycles. The maximum Gasteiger partial charge on any atom is 0.253 e. The third-order valence-corrected chi connectivity index (χ3v) is 4.96. The number of carbonyl (C=O) groups excluding carboxylic acids is 2. The van der Waals surface area contributed by atoms with Crippen LogP contribution in [0.2, 0.25) is 10.0 Å². The zero-order valence-corrected chi connectivity index (χ0v) is 17.1. The molecule has 1 atom stereocenters. The molecule has 3 aromatic carbocycles. The third kappa shape index (κ3) is 6.08. The molecule has 1 unspecified atom stereocenters. The van der Waals surface area contributed by atoms with E-state index < -0.39 is 6.04 Å². The summed E-state index contributed by atoms with van der Waals surface area (Å²) in [4.78, 5) is 25.3. The van der Waals surface area contributed by atoms with Crippen LogP contribution in [0.25, 0.3) is 0 Å². The highest BCUT2D eigenvalue weighted by Gasteiger charge is 2.20. The summed E-state index contributed by atoms with van der Waals surface area (Å²) in [5, 5.41) is 6.78. The molecule has 0 aliphatic rings. The summed E-state index contributed by atoms with van der Waals surface area (Å²) in [5.74, 6) is -0.509. The van der Waals surface area contributed by atoms with E-state index in [2.05, 4.69) is 10.6 Å². The molecule has 0 saturated carbocycles. The van der Waals surface area contributed by atoms with Crippen LogP contribution in [0.1, 0.15) is 33.9 Å². The Labute approximate surface area is 179 Å². The summed E-state index contributed by atoms with van der Waals surface area (Å²) >= 11 is 12.1. The van der Waals surface area contributed by atoms with Crippen LogP contribution in [0.4, 0.5) is 0 Å². The number of nitrogens with one attached hydrogen (secondary N) is 2. The molecular weight excluding hydrogens is 407 g/mol. The van der Waals surface area contributed by atoms with E-state index in [1.807, 2.05) is 42.5 Å². The van der Waals surface area contributed by atoms with Gasteiger partial charge in [0.2, 0.25) is 5.91 Å². The van der Waals surface area contributed by atoms with Gasteiger partial charge in [-0.05, 0) is 35.4 Å². The smallest absolute Gasteiger partial charge is 0.253 e. The lowest BCUT2D eigenvalue weighted by atomic mass is 10.0. The van der Waals surface area contributed by atoms with Crippen molar-refractivity contribution in [3.05, 3.63) is 106 Å². The Morgan fingerprint density at radius 1 is 0.862 bits per heavy atom. The molecule has 3 rings (SSSR count). The van der Waals surface area contributed by atoms with Crippen LogP contribution in [0.15, 0.2) is 78.9 Å². The summed E-state index contributed by atoms with van der Waals surface area (Å²) in [6.45, 7) is 0.360. The first-order valence-corrected chi connectivity index (χ1v) is 9.90. The van der Waals surface area contributed by atoms with Crippen LogP contribution in [0.3, 0.4) is 0 Å². The Bertz CT molecular complexity index is 993. The standard InChI is InChI=1S/C23H20Cl2N2O2/c24-18-10-6-7-16(13-18)15-26-22(28)14-21(17-8-2-1-3-9-17)27-23(29)19-11-4-5-12-20(19)25/h1-13,21H,14-15H2,(H,26,28)(H,27,29). The van der Waals surface area contributed by atoms with Gasteiger partial charge in [-0.15, -0.1) is 0 Å². The Morgan fingerprint density at radius 3 is 2.31 bits per heavy atom. The predicted molar refractivity (Wildman–Crippen MR) is 116 cm³/mol. The number of benzene rings is 3. The number of carbonyl (C=O) groups is 2. The van der Waals surface area contributed by atoms with Crippen LogP contribution in [0.5, 0.6) is 0 Å². The largest absolute Gasteiger partial charge is 0.352 e. The molecule has 148 valence electrons. The van der Waals surface area contributed by atoms with Gasteiger partial charge >= 0.3 is 0 Å². The van der Waals surface area contributed by atoms with E-state index in [0.717, 1.165) is 11.1 Å². The maximum absolute atomic E-state index is 12.7. The second-order valence-corrected chi connectivity index (χ2v) is 7.37. The molecule has 2 amide bonds. The van der Waals surface area contributed by atoms with Crippen molar-refractivity contribution in [2.24, 2.45) is 0 Å². The zero-order valence-electron chi connectivity index (χ0n) is 15.6. The molecule has 2 N–H and O–H groups in total. The summed E-state index contributed by atoms with van der Waals surface area (Å²) in [7, 11) is 0. The van der Waals surface area contributed by atoms with Crippen molar-refractivity contribution in [2.75, 3.05) is 0 Å². The normalized spacial score (nSPS) is 11.5. The first-order valence-electron chi connectivity index (χ1n) is 9.14. The Balaban J connectivity index is 1.70. The van der Waals surface area contributed by atoms with Crippen LogP contribution < -0.4 is 10.6 Å². The molecule has 0 bridgehead atoms. The maximum atomic E-state index is 12.7. The van der Waals surface area contributed by atoms with E-state index in [1.54, 1.807) is 36.4 Å². The molecule has 0 fully saturated rings. The van der Waals surface area contributed by atoms with Crippen molar-refractivity contribution in [1.82, 2.24) is 10.6 Å². The average Bonchev–Trinajstić information content (AvgIpc) is 2.73. The average molecular weight is 427 g/mol. The molecule has 29 heavy (non-hydrogen) atoms. The molecule has 6 heteroatoms. The van der Waals surface area contributed by atoms with E-state index in [-0.39, 0.29) is 18.2 Å². The first-order chi connectivity index (χ1) is 14.0. The molecule has 0 spiro atoms. The van der Waals surface area contributed by atoms with Crippen molar-refractivity contribution < 1.29 is 9.59 Å². The predicted octanol–water partition coefficient (Wildman–Crippen LogP) is 5.17. The molecule has 0 aliphatic carbocycles. The van der Waals surface area contributed by atoms with Crippen molar-refractivity contribution in [2.45, 2.75) is 19.0 Å². The van der Waals surface area contributed by atoms with Gasteiger partial charge in [0.15, 0.2) is 0 Å². The number of hydrogen-bond donors (Lipinski definition) is 2. The van der Waals surface area contributed by atoms with Crippen LogP contribution in [-0.2, 0) is 11.3 Å². The lowest BCUT2D eigenvalue weighted by Gasteiger charge is -2.19. The number of amides is 2. The van der Waals surface area contributed by atoms with Gasteiger partial charge < -0.3 is 10.6 Å². The fraction of sp³-hybridized carbons (Fsp3) is 0.130. The highest BCUT2D eigenvalue weighted by Crippen LogP contribution is 2.20. The van der Waals surface area contributed by atoms with Crippen LogP contribution >= 0.6 is 23.2 Å². The topological polar surface area (TPSA) is 58.2 Å². The van der Waals surface area contributed by atoms with E-state index in [4.69, 9.17) is 23.2 Å². The van der Waals surface area contributed by atoms with Crippen molar-refractivity contribution in [3.8, 4) is 0 Å². The minimum absolute atomic E-state index is 0.0980. The Hall–Kier alpha value is -2.82. The van der Waals surface area contributed by atoms with Gasteiger partial charge in [-0.25, -0.2) is 0 Å². The lowest BCUT2D eigenvalue weighted by molar-refractivity contribution is -0.121. The molecule has 0 heterocycles. The lowest BCUT2D eigenvalue weighted by Crippen LogP contribution is -2.33. The molecule has 0 aliphatic heterocycles. The van der Waals surface area contributed by atoms with Crippen LogP contribution in [-0.4, -0.2) is 11.8 Å². The van der Waals surface area contributed by atoms with E-state index in [0.29, 0.717) is 22.2 Å². The van der Waals surface area contributed by atoms with Crippen LogP contribution in [0, 0.1) is 0 Å². The van der Waals surface area contributed by atoms with Gasteiger partial charge in [-0.3, -0.25) is 9.59 Å². The van der Waals surface area contributed by atoms with E-state index in [1.165, 1.54) is 0 Å². The molecular formula is C23H20Cl2N2O2.